The second kappa shape index (κ2) is 7.55. The minimum atomic E-state index is -1.15. The van der Waals surface area contributed by atoms with Gasteiger partial charge in [-0.25, -0.2) is 15.0 Å². The van der Waals surface area contributed by atoms with E-state index < -0.39 is 24.5 Å². The van der Waals surface area contributed by atoms with Gasteiger partial charge >= 0.3 is 0 Å². The third-order valence-electron chi connectivity index (χ3n) is 5.19. The van der Waals surface area contributed by atoms with Gasteiger partial charge in [0.2, 0.25) is 0 Å². The summed E-state index contributed by atoms with van der Waals surface area (Å²) in [6.45, 7) is 1.90. The molecule has 0 unspecified atom stereocenters. The van der Waals surface area contributed by atoms with Crippen molar-refractivity contribution in [2.45, 2.75) is 31.5 Å². The second-order valence-corrected chi connectivity index (χ2v) is 8.06. The van der Waals surface area contributed by atoms with Crippen LogP contribution in [0, 0.1) is 6.92 Å². The van der Waals surface area contributed by atoms with Crippen LogP contribution in [0.1, 0.15) is 11.9 Å². The number of hydrogen-bond acceptors (Lipinski definition) is 8. The normalized spacial score (nSPS) is 24.0. The maximum absolute atomic E-state index is 10.6. The van der Waals surface area contributed by atoms with Crippen LogP contribution in [0.3, 0.4) is 0 Å². The third kappa shape index (κ3) is 3.31. The van der Waals surface area contributed by atoms with Gasteiger partial charge in [-0.05, 0) is 41.1 Å². The summed E-state index contributed by atoms with van der Waals surface area (Å²) in [5.74, 6) is 0.600. The lowest BCUT2D eigenvalue weighted by Crippen LogP contribution is -2.34. The molecule has 0 saturated carbocycles. The molecule has 0 aliphatic carbocycles. The lowest BCUT2D eigenvalue weighted by Gasteiger charge is -2.16. The molecule has 3 aromatic heterocycles. The van der Waals surface area contributed by atoms with Crippen molar-refractivity contribution in [2.75, 3.05) is 6.61 Å². The highest BCUT2D eigenvalue weighted by atomic mass is 79.9. The maximum Gasteiger partial charge on any atom is 0.165 e. The van der Waals surface area contributed by atoms with Crippen LogP contribution < -0.4 is 4.74 Å². The number of imidazole rings is 1. The molecule has 1 fully saturated rings. The molecule has 154 valence electrons. The van der Waals surface area contributed by atoms with Gasteiger partial charge < -0.3 is 19.7 Å². The maximum atomic E-state index is 10.6. The first-order valence-electron chi connectivity index (χ1n) is 9.35. The summed E-state index contributed by atoms with van der Waals surface area (Å²) in [6, 6.07) is 7.53. The molecule has 4 heterocycles. The van der Waals surface area contributed by atoms with Gasteiger partial charge in [0, 0.05) is 22.1 Å². The van der Waals surface area contributed by atoms with Crippen molar-refractivity contribution in [3.05, 3.63) is 53.3 Å². The first-order chi connectivity index (χ1) is 14.5. The summed E-state index contributed by atoms with van der Waals surface area (Å²) >= 11 is 3.40. The van der Waals surface area contributed by atoms with Crippen molar-refractivity contribution < 1.29 is 19.7 Å². The smallest absolute Gasteiger partial charge is 0.165 e. The monoisotopic (exact) mass is 471 g/mol. The van der Waals surface area contributed by atoms with Crippen LogP contribution in [0.4, 0.5) is 0 Å². The van der Waals surface area contributed by atoms with E-state index in [9.17, 15) is 10.2 Å². The Hall–Kier alpha value is -2.66. The Bertz CT molecular complexity index is 1230. The minimum absolute atomic E-state index is 0.0669. The molecule has 10 heteroatoms. The van der Waals surface area contributed by atoms with E-state index in [1.54, 1.807) is 10.8 Å². The summed E-state index contributed by atoms with van der Waals surface area (Å²) in [4.78, 5) is 17.0. The number of aromatic nitrogens is 5. The number of benzene rings is 1. The highest BCUT2D eigenvalue weighted by molar-refractivity contribution is 9.10. The van der Waals surface area contributed by atoms with Crippen LogP contribution in [-0.2, 0) is 4.74 Å². The number of aliphatic hydroxyl groups excluding tert-OH is 2. The van der Waals surface area contributed by atoms with E-state index in [2.05, 4.69) is 35.9 Å². The Morgan fingerprint density at radius 3 is 2.87 bits per heavy atom. The number of ether oxygens (including phenoxy) is 2. The molecular weight excluding hydrogens is 454 g/mol. The fraction of sp³-hybridized carbons (Fsp3) is 0.300. The van der Waals surface area contributed by atoms with Gasteiger partial charge in [-0.15, -0.1) is 0 Å². The summed E-state index contributed by atoms with van der Waals surface area (Å²) in [7, 11) is 0. The van der Waals surface area contributed by atoms with Gasteiger partial charge in [0.15, 0.2) is 11.9 Å². The van der Waals surface area contributed by atoms with E-state index in [0.29, 0.717) is 16.9 Å². The molecule has 5 rings (SSSR count). The van der Waals surface area contributed by atoms with Crippen LogP contribution in [0.15, 0.2) is 47.6 Å². The van der Waals surface area contributed by atoms with Crippen molar-refractivity contribution in [2.24, 2.45) is 0 Å². The van der Waals surface area contributed by atoms with E-state index in [4.69, 9.17) is 9.47 Å². The van der Waals surface area contributed by atoms with E-state index in [1.165, 1.54) is 12.7 Å². The zero-order chi connectivity index (χ0) is 20.8. The number of fused-ring (bicyclic) bond motifs is 2. The fourth-order valence-corrected chi connectivity index (χ4v) is 3.94. The Labute approximate surface area is 179 Å². The molecule has 0 spiro atoms. The van der Waals surface area contributed by atoms with E-state index in [-0.39, 0.29) is 6.61 Å². The quantitative estimate of drug-likeness (QED) is 0.465. The molecule has 0 bridgehead atoms. The lowest BCUT2D eigenvalue weighted by atomic mass is 10.1. The summed E-state index contributed by atoms with van der Waals surface area (Å²) < 4.78 is 14.2. The number of aliphatic hydroxyl groups is 2. The van der Waals surface area contributed by atoms with Gasteiger partial charge in [0.05, 0.1) is 17.5 Å². The number of aryl methyl sites for hydroxylation is 1. The molecule has 0 radical (unpaired) electrons. The van der Waals surface area contributed by atoms with Crippen LogP contribution in [0.25, 0.3) is 22.1 Å². The molecule has 1 aromatic carbocycles. The molecule has 1 aliphatic heterocycles. The van der Waals surface area contributed by atoms with E-state index in [1.807, 2.05) is 31.2 Å². The Morgan fingerprint density at radius 1 is 1.13 bits per heavy atom. The predicted molar refractivity (Wildman–Crippen MR) is 111 cm³/mol. The van der Waals surface area contributed by atoms with Crippen molar-refractivity contribution in [1.82, 2.24) is 24.5 Å². The van der Waals surface area contributed by atoms with Gasteiger partial charge in [-0.1, -0.05) is 0 Å². The topological polar surface area (TPSA) is 115 Å². The molecule has 0 amide bonds. The van der Waals surface area contributed by atoms with Gasteiger partial charge in [-0.2, -0.15) is 0 Å². The van der Waals surface area contributed by atoms with Crippen LogP contribution in [0.5, 0.6) is 5.75 Å². The van der Waals surface area contributed by atoms with Crippen molar-refractivity contribution in [3.8, 4) is 5.75 Å². The fourth-order valence-electron chi connectivity index (χ4n) is 3.59. The molecule has 9 nitrogen and oxygen atoms in total. The SMILES string of the molecule is Cc1ncnc2c1ncn2[C@@H]1O[C@H](COc2ccc3cc(Br)cnc3c2)[C@@H](O)[C@H]1O. The van der Waals surface area contributed by atoms with Crippen molar-refractivity contribution >= 4 is 38.0 Å². The number of halogens is 1. The second-order valence-electron chi connectivity index (χ2n) is 7.15. The number of pyridine rings is 1. The number of nitrogens with zero attached hydrogens (tertiary/aromatic N) is 5. The predicted octanol–water partition coefficient (Wildman–Crippen LogP) is 2.14. The summed E-state index contributed by atoms with van der Waals surface area (Å²) in [5.41, 5.74) is 2.68. The first kappa shape index (κ1) is 19.3. The lowest BCUT2D eigenvalue weighted by molar-refractivity contribution is -0.0474. The average Bonchev–Trinajstić information content (AvgIpc) is 3.29. The molecule has 4 aromatic rings. The van der Waals surface area contributed by atoms with Gasteiger partial charge in [0.1, 0.15) is 42.5 Å². The standard InChI is InChI=1S/C20H18BrN5O4/c1-10-16-19(24-8-23-10)26(9-25-16)20-18(28)17(27)15(30-20)7-29-13-3-2-11-4-12(21)6-22-14(11)5-13/h2-6,8-9,15,17-18,20,27-28H,7H2,1H3/t15-,17-,18-,20-/m1/s1. The molecule has 2 N–H and O–H groups in total. The Balaban J connectivity index is 1.33. The zero-order valence-corrected chi connectivity index (χ0v) is 17.5. The Morgan fingerprint density at radius 2 is 2.00 bits per heavy atom. The third-order valence-corrected chi connectivity index (χ3v) is 5.62. The van der Waals surface area contributed by atoms with Crippen molar-refractivity contribution in [3.63, 3.8) is 0 Å². The highest BCUT2D eigenvalue weighted by Gasteiger charge is 2.44. The average molecular weight is 472 g/mol. The molecule has 1 aliphatic rings. The number of hydrogen-bond donors (Lipinski definition) is 2. The summed E-state index contributed by atoms with van der Waals surface area (Å²) in [6.07, 6.45) is 0.857. The molecule has 30 heavy (non-hydrogen) atoms. The van der Waals surface area contributed by atoms with Crippen LogP contribution in [-0.4, -0.2) is 59.6 Å². The highest BCUT2D eigenvalue weighted by Crippen LogP contribution is 2.32. The van der Waals surface area contributed by atoms with E-state index >= 15 is 0 Å². The first-order valence-corrected chi connectivity index (χ1v) is 10.1. The molecule has 1 saturated heterocycles. The van der Waals surface area contributed by atoms with Gasteiger partial charge in [0.25, 0.3) is 0 Å². The van der Waals surface area contributed by atoms with Crippen LogP contribution >= 0.6 is 15.9 Å². The van der Waals surface area contributed by atoms with E-state index in [0.717, 1.165) is 21.1 Å². The minimum Gasteiger partial charge on any atom is -0.491 e. The van der Waals surface area contributed by atoms with Crippen molar-refractivity contribution in [1.29, 1.82) is 0 Å². The molecule has 4 atom stereocenters. The zero-order valence-electron chi connectivity index (χ0n) is 15.9. The molecular formula is C20H18BrN5O4. The Kier molecular flexibility index (Phi) is 4.86. The number of rotatable bonds is 4. The largest absolute Gasteiger partial charge is 0.491 e. The van der Waals surface area contributed by atoms with Gasteiger partial charge in [-0.3, -0.25) is 9.55 Å². The van der Waals surface area contributed by atoms with Crippen LogP contribution in [0.2, 0.25) is 0 Å². The summed E-state index contributed by atoms with van der Waals surface area (Å²) in [5, 5.41) is 22.0.